The first-order valence-electron chi connectivity index (χ1n) is 7.45. The van der Waals surface area contributed by atoms with Crippen LogP contribution in [0.5, 0.6) is 0 Å². The van der Waals surface area contributed by atoms with Gasteiger partial charge in [-0.1, -0.05) is 23.4 Å². The summed E-state index contributed by atoms with van der Waals surface area (Å²) < 4.78 is 7.19. The van der Waals surface area contributed by atoms with E-state index in [9.17, 15) is 4.79 Å². The SMILES string of the molecule is COCCn1c(SCC(=O)N(C)CCC#N)nc2cc(Cl)ccc21. The molecule has 1 aromatic heterocycles. The molecule has 0 saturated heterocycles. The lowest BCUT2D eigenvalue weighted by Gasteiger charge is -2.15. The topological polar surface area (TPSA) is 71.2 Å². The molecular weight excluding hydrogens is 348 g/mol. The lowest BCUT2D eigenvalue weighted by Crippen LogP contribution is -2.29. The molecular formula is C16H19ClN4O2S. The molecule has 128 valence electrons. The summed E-state index contributed by atoms with van der Waals surface area (Å²) in [4.78, 5) is 18.3. The lowest BCUT2D eigenvalue weighted by atomic mass is 10.3. The highest BCUT2D eigenvalue weighted by Gasteiger charge is 2.15. The van der Waals surface area contributed by atoms with Crippen molar-refractivity contribution in [3.63, 3.8) is 0 Å². The summed E-state index contributed by atoms with van der Waals surface area (Å²) in [5, 5.41) is 9.98. The molecule has 2 rings (SSSR count). The molecule has 1 amide bonds. The zero-order valence-electron chi connectivity index (χ0n) is 13.7. The van der Waals surface area contributed by atoms with Gasteiger partial charge in [-0.2, -0.15) is 5.26 Å². The van der Waals surface area contributed by atoms with Crippen LogP contribution in [-0.4, -0.2) is 53.4 Å². The van der Waals surface area contributed by atoms with Gasteiger partial charge in [0.2, 0.25) is 5.91 Å². The fraction of sp³-hybridized carbons (Fsp3) is 0.438. The Morgan fingerprint density at radius 3 is 3.04 bits per heavy atom. The van der Waals surface area contributed by atoms with Crippen molar-refractivity contribution in [2.24, 2.45) is 0 Å². The maximum Gasteiger partial charge on any atom is 0.232 e. The molecule has 0 spiro atoms. The van der Waals surface area contributed by atoms with Crippen LogP contribution in [0, 0.1) is 11.3 Å². The Bertz CT molecular complexity index is 756. The van der Waals surface area contributed by atoms with Gasteiger partial charge in [0.15, 0.2) is 5.16 Å². The quantitative estimate of drug-likeness (QED) is 0.672. The second kappa shape index (κ2) is 8.92. The minimum absolute atomic E-state index is 0.0290. The van der Waals surface area contributed by atoms with E-state index in [-0.39, 0.29) is 11.7 Å². The molecule has 6 nitrogen and oxygen atoms in total. The number of fused-ring (bicyclic) bond motifs is 1. The molecule has 0 N–H and O–H groups in total. The van der Waals surface area contributed by atoms with E-state index in [2.05, 4.69) is 4.98 Å². The van der Waals surface area contributed by atoms with Crippen molar-refractivity contribution in [2.45, 2.75) is 18.1 Å². The number of halogens is 1. The number of imidazole rings is 1. The van der Waals surface area contributed by atoms with Crippen LogP contribution < -0.4 is 0 Å². The summed E-state index contributed by atoms with van der Waals surface area (Å²) in [6.45, 7) is 1.64. The first-order chi connectivity index (χ1) is 11.6. The second-order valence-electron chi connectivity index (χ2n) is 5.18. The van der Waals surface area contributed by atoms with Crippen molar-refractivity contribution in [3.8, 4) is 6.07 Å². The van der Waals surface area contributed by atoms with Crippen molar-refractivity contribution in [1.29, 1.82) is 5.26 Å². The van der Waals surface area contributed by atoms with Crippen LogP contribution in [0.25, 0.3) is 11.0 Å². The zero-order chi connectivity index (χ0) is 17.5. The van der Waals surface area contributed by atoms with Gasteiger partial charge in [0.1, 0.15) is 0 Å². The maximum atomic E-state index is 12.1. The summed E-state index contributed by atoms with van der Waals surface area (Å²) in [5.41, 5.74) is 1.76. The van der Waals surface area contributed by atoms with Gasteiger partial charge in [0.25, 0.3) is 0 Å². The number of nitrogens with zero attached hydrogens (tertiary/aromatic N) is 4. The average Bonchev–Trinajstić information content (AvgIpc) is 2.91. The second-order valence-corrected chi connectivity index (χ2v) is 6.56. The zero-order valence-corrected chi connectivity index (χ0v) is 15.2. The molecule has 8 heteroatoms. The van der Waals surface area contributed by atoms with E-state index in [1.54, 1.807) is 19.1 Å². The van der Waals surface area contributed by atoms with Crippen molar-refractivity contribution >= 4 is 40.3 Å². The molecule has 0 unspecified atom stereocenters. The molecule has 0 atom stereocenters. The van der Waals surface area contributed by atoms with E-state index in [0.717, 1.165) is 16.2 Å². The summed E-state index contributed by atoms with van der Waals surface area (Å²) >= 11 is 7.41. The Balaban J connectivity index is 2.15. The molecule has 0 radical (unpaired) electrons. The molecule has 0 aliphatic rings. The van der Waals surface area contributed by atoms with Crippen molar-refractivity contribution < 1.29 is 9.53 Å². The number of aromatic nitrogens is 2. The van der Waals surface area contributed by atoms with Gasteiger partial charge in [0.05, 0.1) is 35.9 Å². The minimum Gasteiger partial charge on any atom is -0.383 e. The monoisotopic (exact) mass is 366 g/mol. The number of rotatable bonds is 8. The largest absolute Gasteiger partial charge is 0.383 e. The normalized spacial score (nSPS) is 10.8. The summed E-state index contributed by atoms with van der Waals surface area (Å²) in [6, 6.07) is 7.60. The van der Waals surface area contributed by atoms with Gasteiger partial charge in [-0.05, 0) is 18.2 Å². The molecule has 1 heterocycles. The molecule has 0 aliphatic heterocycles. The molecule has 1 aromatic carbocycles. The van der Waals surface area contributed by atoms with Crippen LogP contribution >= 0.6 is 23.4 Å². The fourth-order valence-electron chi connectivity index (χ4n) is 2.17. The molecule has 24 heavy (non-hydrogen) atoms. The number of hydrogen-bond acceptors (Lipinski definition) is 5. The molecule has 0 saturated carbocycles. The number of thioether (sulfide) groups is 1. The Labute approximate surface area is 150 Å². The first kappa shape index (κ1) is 18.6. The molecule has 2 aromatic rings. The molecule has 0 fully saturated rings. The van der Waals surface area contributed by atoms with Crippen molar-refractivity contribution in [2.75, 3.05) is 33.1 Å². The smallest absolute Gasteiger partial charge is 0.232 e. The average molecular weight is 367 g/mol. The number of methoxy groups -OCH3 is 1. The van der Waals surface area contributed by atoms with Crippen LogP contribution in [0.2, 0.25) is 5.02 Å². The van der Waals surface area contributed by atoms with Crippen LogP contribution in [0.4, 0.5) is 0 Å². The first-order valence-corrected chi connectivity index (χ1v) is 8.81. The standard InChI is InChI=1S/C16H19ClN4O2S/c1-20(7-3-6-18)15(22)11-24-16-19-13-10-12(17)4-5-14(13)21(16)8-9-23-2/h4-5,10H,3,7-9,11H2,1-2H3. The highest BCUT2D eigenvalue weighted by Crippen LogP contribution is 2.26. The van der Waals surface area contributed by atoms with Crippen molar-refractivity contribution in [1.82, 2.24) is 14.5 Å². The van der Waals surface area contributed by atoms with Crippen LogP contribution in [-0.2, 0) is 16.1 Å². The maximum absolute atomic E-state index is 12.1. The van der Waals surface area contributed by atoms with Crippen molar-refractivity contribution in [3.05, 3.63) is 23.2 Å². The van der Waals surface area contributed by atoms with Gasteiger partial charge in [0, 0.05) is 32.3 Å². The van der Waals surface area contributed by atoms with E-state index in [1.807, 2.05) is 28.8 Å². The van der Waals surface area contributed by atoms with Gasteiger partial charge < -0.3 is 14.2 Å². The van der Waals surface area contributed by atoms with Crippen LogP contribution in [0.3, 0.4) is 0 Å². The fourth-order valence-corrected chi connectivity index (χ4v) is 3.32. The Morgan fingerprint density at radius 1 is 1.54 bits per heavy atom. The van der Waals surface area contributed by atoms with Gasteiger partial charge >= 0.3 is 0 Å². The molecule has 0 aliphatic carbocycles. The third-order valence-corrected chi connectivity index (χ3v) is 4.70. The number of ether oxygens (including phenoxy) is 1. The summed E-state index contributed by atoms with van der Waals surface area (Å²) in [7, 11) is 3.35. The van der Waals surface area contributed by atoms with E-state index < -0.39 is 0 Å². The number of benzene rings is 1. The number of amides is 1. The highest BCUT2D eigenvalue weighted by atomic mass is 35.5. The van der Waals surface area contributed by atoms with Gasteiger partial charge in [-0.15, -0.1) is 0 Å². The Kier molecular flexibility index (Phi) is 6.91. The van der Waals surface area contributed by atoms with Gasteiger partial charge in [-0.3, -0.25) is 4.79 Å². The van der Waals surface area contributed by atoms with E-state index >= 15 is 0 Å². The van der Waals surface area contributed by atoms with Crippen LogP contribution in [0.1, 0.15) is 6.42 Å². The lowest BCUT2D eigenvalue weighted by molar-refractivity contribution is -0.127. The Morgan fingerprint density at radius 2 is 2.33 bits per heavy atom. The number of carbonyl (C=O) groups is 1. The molecule has 0 bridgehead atoms. The van der Waals surface area contributed by atoms with E-state index in [4.69, 9.17) is 21.6 Å². The van der Waals surface area contributed by atoms with E-state index in [0.29, 0.717) is 31.1 Å². The van der Waals surface area contributed by atoms with Gasteiger partial charge in [-0.25, -0.2) is 4.98 Å². The third kappa shape index (κ3) is 4.63. The number of carbonyl (C=O) groups excluding carboxylic acids is 1. The third-order valence-electron chi connectivity index (χ3n) is 3.50. The number of nitriles is 1. The number of hydrogen-bond donors (Lipinski definition) is 0. The predicted octanol–water partition coefficient (Wildman–Crippen LogP) is 2.80. The summed E-state index contributed by atoms with van der Waals surface area (Å²) in [5.74, 6) is 0.241. The minimum atomic E-state index is -0.0290. The predicted molar refractivity (Wildman–Crippen MR) is 95.2 cm³/mol. The van der Waals surface area contributed by atoms with E-state index in [1.165, 1.54) is 11.8 Å². The summed E-state index contributed by atoms with van der Waals surface area (Å²) in [6.07, 6.45) is 0.331. The van der Waals surface area contributed by atoms with Crippen LogP contribution in [0.15, 0.2) is 23.4 Å². The highest BCUT2D eigenvalue weighted by molar-refractivity contribution is 7.99. The Hall–Kier alpha value is -1.75.